The maximum atomic E-state index is 13.9. The summed E-state index contributed by atoms with van der Waals surface area (Å²) in [6, 6.07) is 4.34. The van der Waals surface area contributed by atoms with Gasteiger partial charge in [-0.25, -0.2) is 4.39 Å². The number of hydrogen-bond acceptors (Lipinski definition) is 3. The summed E-state index contributed by atoms with van der Waals surface area (Å²) in [7, 11) is 1.47. The average Bonchev–Trinajstić information content (AvgIpc) is 2.41. The molecule has 1 atom stereocenters. The van der Waals surface area contributed by atoms with E-state index in [2.05, 4.69) is 20.8 Å². The zero-order valence-corrected chi connectivity index (χ0v) is 13.4. The Morgan fingerprint density at radius 2 is 2.00 bits per heavy atom. The number of nitrogens with two attached hydrogens (primary N) is 1. The van der Waals surface area contributed by atoms with Gasteiger partial charge in [0.1, 0.15) is 11.6 Å². The molecule has 118 valence electrons. The summed E-state index contributed by atoms with van der Waals surface area (Å²) in [5, 5.41) is 0. The van der Waals surface area contributed by atoms with Gasteiger partial charge in [0.2, 0.25) is 0 Å². The third kappa shape index (κ3) is 5.12. The Bertz CT molecular complexity index is 480. The molecule has 0 aliphatic rings. The molecule has 0 aliphatic heterocycles. The van der Waals surface area contributed by atoms with Gasteiger partial charge in [0.05, 0.1) is 12.7 Å². The molecule has 0 bridgehead atoms. The van der Waals surface area contributed by atoms with Gasteiger partial charge in [0.15, 0.2) is 5.78 Å². The standard InChI is InChI=1S/C17H26FNO2/c1-17(2,3)12(9-10-19)5-8-16(20)14-7-6-13(21-4)11-15(14)18/h6-7,11-12H,5,8-10,19H2,1-4H3. The fraction of sp³-hybridized carbons (Fsp3) is 0.588. The van der Waals surface area contributed by atoms with Gasteiger partial charge >= 0.3 is 0 Å². The lowest BCUT2D eigenvalue weighted by atomic mass is 9.76. The van der Waals surface area contributed by atoms with Crippen molar-refractivity contribution in [3.63, 3.8) is 0 Å². The Balaban J connectivity index is 2.72. The second kappa shape index (κ2) is 7.55. The van der Waals surface area contributed by atoms with Crippen LogP contribution in [-0.4, -0.2) is 19.4 Å². The SMILES string of the molecule is COc1ccc(C(=O)CCC(CCN)C(C)(C)C)c(F)c1. The van der Waals surface area contributed by atoms with Crippen LogP contribution in [0.2, 0.25) is 0 Å². The Morgan fingerprint density at radius 3 is 2.48 bits per heavy atom. The number of benzene rings is 1. The Kier molecular flexibility index (Phi) is 6.34. The van der Waals surface area contributed by atoms with Gasteiger partial charge in [-0.2, -0.15) is 0 Å². The highest BCUT2D eigenvalue weighted by molar-refractivity contribution is 5.96. The van der Waals surface area contributed by atoms with Crippen LogP contribution in [0.25, 0.3) is 0 Å². The van der Waals surface area contributed by atoms with Gasteiger partial charge in [-0.3, -0.25) is 4.79 Å². The molecule has 4 heteroatoms. The lowest BCUT2D eigenvalue weighted by Gasteiger charge is -2.30. The summed E-state index contributed by atoms with van der Waals surface area (Å²) in [4.78, 5) is 12.2. The van der Waals surface area contributed by atoms with Crippen molar-refractivity contribution in [2.24, 2.45) is 17.1 Å². The number of hydrogen-bond donors (Lipinski definition) is 1. The van der Waals surface area contributed by atoms with Gasteiger partial charge < -0.3 is 10.5 Å². The first-order chi connectivity index (χ1) is 9.79. The minimum absolute atomic E-state index is 0.0953. The van der Waals surface area contributed by atoms with Crippen LogP contribution in [0.5, 0.6) is 5.75 Å². The van der Waals surface area contributed by atoms with Crippen LogP contribution in [0.1, 0.15) is 50.4 Å². The number of methoxy groups -OCH3 is 1. The fourth-order valence-electron chi connectivity index (χ4n) is 2.50. The van der Waals surface area contributed by atoms with Crippen molar-refractivity contribution in [2.75, 3.05) is 13.7 Å². The van der Waals surface area contributed by atoms with E-state index >= 15 is 0 Å². The first-order valence-corrected chi connectivity index (χ1v) is 7.36. The molecular weight excluding hydrogens is 269 g/mol. The molecule has 0 fully saturated rings. The van der Waals surface area contributed by atoms with Crippen LogP contribution in [0.4, 0.5) is 4.39 Å². The number of Topliss-reactive ketones (excluding diaryl/α,β-unsaturated/α-hetero) is 1. The van der Waals surface area contributed by atoms with Gasteiger partial charge in [-0.1, -0.05) is 20.8 Å². The average molecular weight is 295 g/mol. The molecule has 0 saturated carbocycles. The molecule has 21 heavy (non-hydrogen) atoms. The predicted molar refractivity (Wildman–Crippen MR) is 83.1 cm³/mol. The Hall–Kier alpha value is -1.42. The van der Waals surface area contributed by atoms with E-state index in [4.69, 9.17) is 10.5 Å². The van der Waals surface area contributed by atoms with E-state index in [0.29, 0.717) is 24.6 Å². The normalized spacial score (nSPS) is 13.0. The fourth-order valence-corrected chi connectivity index (χ4v) is 2.50. The van der Waals surface area contributed by atoms with Crippen molar-refractivity contribution in [1.29, 1.82) is 0 Å². The lowest BCUT2D eigenvalue weighted by Crippen LogP contribution is -2.24. The molecule has 1 aromatic rings. The molecule has 0 aromatic heterocycles. The van der Waals surface area contributed by atoms with Gasteiger partial charge in [-0.05, 0) is 42.9 Å². The molecule has 2 N–H and O–H groups in total. The topological polar surface area (TPSA) is 52.3 Å². The predicted octanol–water partition coefficient (Wildman–Crippen LogP) is 3.81. The molecule has 0 aliphatic carbocycles. The second-order valence-electron chi connectivity index (χ2n) is 6.45. The van der Waals surface area contributed by atoms with Crippen LogP contribution in [0.15, 0.2) is 18.2 Å². The van der Waals surface area contributed by atoms with Crippen LogP contribution >= 0.6 is 0 Å². The number of carbonyl (C=O) groups is 1. The van der Waals surface area contributed by atoms with Gasteiger partial charge in [0.25, 0.3) is 0 Å². The monoisotopic (exact) mass is 295 g/mol. The van der Waals surface area contributed by atoms with E-state index in [1.807, 2.05) is 0 Å². The smallest absolute Gasteiger partial charge is 0.165 e. The largest absolute Gasteiger partial charge is 0.497 e. The van der Waals surface area contributed by atoms with E-state index in [9.17, 15) is 9.18 Å². The van der Waals surface area contributed by atoms with Crippen LogP contribution in [0, 0.1) is 17.2 Å². The van der Waals surface area contributed by atoms with Crippen LogP contribution in [-0.2, 0) is 0 Å². The third-order valence-electron chi connectivity index (χ3n) is 3.94. The Morgan fingerprint density at radius 1 is 1.33 bits per heavy atom. The highest BCUT2D eigenvalue weighted by Gasteiger charge is 2.25. The number of ketones is 1. The van der Waals surface area contributed by atoms with Crippen molar-refractivity contribution < 1.29 is 13.9 Å². The van der Waals surface area contributed by atoms with E-state index in [1.165, 1.54) is 19.2 Å². The summed E-state index contributed by atoms with van der Waals surface area (Å²) in [6.07, 6.45) is 1.94. The molecule has 1 unspecified atom stereocenters. The molecule has 1 rings (SSSR count). The van der Waals surface area contributed by atoms with Crippen molar-refractivity contribution in [3.05, 3.63) is 29.6 Å². The third-order valence-corrected chi connectivity index (χ3v) is 3.94. The van der Waals surface area contributed by atoms with E-state index in [0.717, 1.165) is 12.8 Å². The molecule has 0 saturated heterocycles. The lowest BCUT2D eigenvalue weighted by molar-refractivity contribution is 0.0954. The molecule has 3 nitrogen and oxygen atoms in total. The summed E-state index contributed by atoms with van der Waals surface area (Å²) >= 11 is 0. The Labute approximate surface area is 126 Å². The first kappa shape index (κ1) is 17.6. The van der Waals surface area contributed by atoms with E-state index < -0.39 is 5.82 Å². The summed E-state index contributed by atoms with van der Waals surface area (Å²) < 4.78 is 18.8. The number of rotatable bonds is 7. The molecule has 0 radical (unpaired) electrons. The second-order valence-corrected chi connectivity index (χ2v) is 6.45. The van der Waals surface area contributed by atoms with Crippen molar-refractivity contribution in [2.45, 2.75) is 40.0 Å². The van der Waals surface area contributed by atoms with Crippen LogP contribution in [0.3, 0.4) is 0 Å². The number of ether oxygens (including phenoxy) is 1. The molecule has 0 spiro atoms. The molecule has 0 heterocycles. The van der Waals surface area contributed by atoms with Crippen molar-refractivity contribution >= 4 is 5.78 Å². The quantitative estimate of drug-likeness (QED) is 0.778. The van der Waals surface area contributed by atoms with Gasteiger partial charge in [0, 0.05) is 12.5 Å². The van der Waals surface area contributed by atoms with E-state index in [-0.39, 0.29) is 16.8 Å². The summed E-state index contributed by atoms with van der Waals surface area (Å²) in [5.74, 6) is 0.0828. The van der Waals surface area contributed by atoms with E-state index in [1.54, 1.807) is 6.07 Å². The summed E-state index contributed by atoms with van der Waals surface area (Å²) in [6.45, 7) is 7.04. The molecule has 1 aromatic carbocycles. The van der Waals surface area contributed by atoms with Crippen LogP contribution < -0.4 is 10.5 Å². The number of carbonyl (C=O) groups excluding carboxylic acids is 1. The first-order valence-electron chi connectivity index (χ1n) is 7.36. The molecule has 0 amide bonds. The molecular formula is C17H26FNO2. The highest BCUT2D eigenvalue weighted by atomic mass is 19.1. The van der Waals surface area contributed by atoms with Crippen molar-refractivity contribution in [1.82, 2.24) is 0 Å². The zero-order chi connectivity index (χ0) is 16.0. The highest BCUT2D eigenvalue weighted by Crippen LogP contribution is 2.32. The summed E-state index contributed by atoms with van der Waals surface area (Å²) in [5.41, 5.74) is 5.87. The maximum absolute atomic E-state index is 13.9. The zero-order valence-electron chi connectivity index (χ0n) is 13.4. The minimum Gasteiger partial charge on any atom is -0.497 e. The minimum atomic E-state index is -0.523. The van der Waals surface area contributed by atoms with Gasteiger partial charge in [-0.15, -0.1) is 0 Å². The maximum Gasteiger partial charge on any atom is 0.165 e. The van der Waals surface area contributed by atoms with Crippen molar-refractivity contribution in [3.8, 4) is 5.75 Å². The number of halogens is 1.